The average Bonchev–Trinajstić information content (AvgIpc) is 2.95. The van der Waals surface area contributed by atoms with Gasteiger partial charge in [0.15, 0.2) is 0 Å². The number of nitro groups is 1. The molecular weight excluding hydrogens is 424 g/mol. The number of carbonyl (C=O) groups excluding carboxylic acids is 4. The Kier molecular flexibility index (Phi) is 6.46. The predicted molar refractivity (Wildman–Crippen MR) is 114 cm³/mol. The third-order valence-corrected chi connectivity index (χ3v) is 4.99. The number of rotatable bonds is 6. The molecule has 0 saturated carbocycles. The van der Waals surface area contributed by atoms with Crippen molar-refractivity contribution in [2.45, 2.75) is 6.92 Å². The van der Waals surface area contributed by atoms with Gasteiger partial charge < -0.3 is 10.6 Å². The Bertz CT molecular complexity index is 1110. The number of nitro benzene ring substituents is 1. The maximum atomic E-state index is 12.4. The highest BCUT2D eigenvalue weighted by atomic mass is 32.2. The van der Waals surface area contributed by atoms with Gasteiger partial charge in [0.2, 0.25) is 11.8 Å². The van der Waals surface area contributed by atoms with Gasteiger partial charge in [-0.15, -0.1) is 0 Å². The second-order valence-electron chi connectivity index (χ2n) is 6.48. The summed E-state index contributed by atoms with van der Waals surface area (Å²) in [7, 11) is 0. The molecule has 0 radical (unpaired) electrons. The molecule has 158 valence electrons. The van der Waals surface area contributed by atoms with E-state index in [9.17, 15) is 29.3 Å². The van der Waals surface area contributed by atoms with Crippen molar-refractivity contribution in [2.24, 2.45) is 0 Å². The number of thioether (sulfide) groups is 1. The third-order valence-electron chi connectivity index (χ3n) is 4.08. The van der Waals surface area contributed by atoms with E-state index in [1.54, 1.807) is 18.2 Å². The molecule has 0 aromatic heterocycles. The standard InChI is InChI=1S/C20H16N4O6S/c1-12-3-2-4-14(9-12)22-18(26)11-23-19(27)16(31-20(23)28)10-17(25)21-13-5-7-15(8-6-13)24(29)30/h2-10H,11H2,1H3,(H,21,25)(H,22,26)/b16-10-. The van der Waals surface area contributed by atoms with Crippen LogP contribution < -0.4 is 10.6 Å². The summed E-state index contributed by atoms with van der Waals surface area (Å²) in [5.41, 5.74) is 1.62. The lowest BCUT2D eigenvalue weighted by molar-refractivity contribution is -0.384. The molecule has 11 heteroatoms. The zero-order valence-electron chi connectivity index (χ0n) is 16.2. The quantitative estimate of drug-likeness (QED) is 0.400. The second kappa shape index (κ2) is 9.22. The number of non-ortho nitro benzene ring substituents is 1. The summed E-state index contributed by atoms with van der Waals surface area (Å²) in [6.45, 7) is 1.37. The number of nitrogens with zero attached hydrogens (tertiary/aromatic N) is 2. The van der Waals surface area contributed by atoms with Crippen molar-refractivity contribution in [3.8, 4) is 0 Å². The lowest BCUT2D eigenvalue weighted by Gasteiger charge is -2.12. The van der Waals surface area contributed by atoms with Gasteiger partial charge in [-0.05, 0) is 48.5 Å². The Balaban J connectivity index is 1.61. The maximum absolute atomic E-state index is 12.4. The normalized spacial score (nSPS) is 14.6. The predicted octanol–water partition coefficient (Wildman–Crippen LogP) is 3.06. The first-order chi connectivity index (χ1) is 14.7. The van der Waals surface area contributed by atoms with Gasteiger partial charge in [0, 0.05) is 29.6 Å². The highest BCUT2D eigenvalue weighted by Gasteiger charge is 2.36. The Labute approximate surface area is 180 Å². The zero-order chi connectivity index (χ0) is 22.5. The molecule has 4 amide bonds. The molecule has 0 bridgehead atoms. The van der Waals surface area contributed by atoms with E-state index >= 15 is 0 Å². The molecule has 10 nitrogen and oxygen atoms in total. The van der Waals surface area contributed by atoms with E-state index < -0.39 is 34.4 Å². The van der Waals surface area contributed by atoms with Crippen LogP contribution in [0.3, 0.4) is 0 Å². The van der Waals surface area contributed by atoms with Gasteiger partial charge in [-0.2, -0.15) is 0 Å². The number of nitrogens with one attached hydrogen (secondary N) is 2. The number of amides is 4. The van der Waals surface area contributed by atoms with Gasteiger partial charge in [-0.3, -0.25) is 34.2 Å². The van der Waals surface area contributed by atoms with Gasteiger partial charge >= 0.3 is 0 Å². The van der Waals surface area contributed by atoms with E-state index in [1.165, 1.54) is 24.3 Å². The topological polar surface area (TPSA) is 139 Å². The van der Waals surface area contributed by atoms with Gasteiger partial charge in [0.05, 0.1) is 9.83 Å². The zero-order valence-corrected chi connectivity index (χ0v) is 17.0. The van der Waals surface area contributed by atoms with Crippen LogP contribution in [0.15, 0.2) is 59.5 Å². The second-order valence-corrected chi connectivity index (χ2v) is 7.47. The maximum Gasteiger partial charge on any atom is 0.294 e. The van der Waals surface area contributed by atoms with Crippen LogP contribution in [0.4, 0.5) is 21.9 Å². The Morgan fingerprint density at radius 1 is 1.10 bits per heavy atom. The van der Waals surface area contributed by atoms with Gasteiger partial charge in [0.25, 0.3) is 16.8 Å². The van der Waals surface area contributed by atoms with Crippen LogP contribution in [0.2, 0.25) is 0 Å². The highest BCUT2D eigenvalue weighted by Crippen LogP contribution is 2.30. The fourth-order valence-electron chi connectivity index (χ4n) is 2.67. The molecule has 1 aliphatic heterocycles. The fraction of sp³-hybridized carbons (Fsp3) is 0.100. The molecular formula is C20H16N4O6S. The molecule has 2 aromatic carbocycles. The van der Waals surface area contributed by atoms with Crippen molar-refractivity contribution in [3.05, 3.63) is 75.2 Å². The number of benzene rings is 2. The van der Waals surface area contributed by atoms with E-state index in [4.69, 9.17) is 0 Å². The third kappa shape index (κ3) is 5.54. The van der Waals surface area contributed by atoms with Crippen LogP contribution >= 0.6 is 11.8 Å². The highest BCUT2D eigenvalue weighted by molar-refractivity contribution is 8.18. The Morgan fingerprint density at radius 3 is 2.45 bits per heavy atom. The summed E-state index contributed by atoms with van der Waals surface area (Å²) in [6.07, 6.45) is 0.949. The van der Waals surface area contributed by atoms with Crippen LogP contribution in [0.5, 0.6) is 0 Å². The number of imide groups is 1. The van der Waals surface area contributed by atoms with E-state index in [0.717, 1.165) is 16.5 Å². The summed E-state index contributed by atoms with van der Waals surface area (Å²) in [5, 5.41) is 15.1. The smallest absolute Gasteiger partial charge is 0.294 e. The number of aryl methyl sites for hydroxylation is 1. The number of hydrogen-bond acceptors (Lipinski definition) is 7. The number of hydrogen-bond donors (Lipinski definition) is 2. The van der Waals surface area contributed by atoms with Crippen molar-refractivity contribution in [2.75, 3.05) is 17.2 Å². The molecule has 1 fully saturated rings. The monoisotopic (exact) mass is 440 g/mol. The Morgan fingerprint density at radius 2 is 1.81 bits per heavy atom. The lowest BCUT2D eigenvalue weighted by atomic mass is 10.2. The summed E-state index contributed by atoms with van der Waals surface area (Å²) < 4.78 is 0. The summed E-state index contributed by atoms with van der Waals surface area (Å²) in [4.78, 5) is 59.6. The lowest BCUT2D eigenvalue weighted by Crippen LogP contribution is -2.36. The first-order valence-corrected chi connectivity index (χ1v) is 9.72. The molecule has 0 atom stereocenters. The van der Waals surface area contributed by atoms with Gasteiger partial charge in [-0.25, -0.2) is 0 Å². The first kappa shape index (κ1) is 21.7. The number of anilines is 2. The molecule has 2 N–H and O–H groups in total. The fourth-order valence-corrected chi connectivity index (χ4v) is 3.48. The van der Waals surface area contributed by atoms with E-state index in [2.05, 4.69) is 10.6 Å². The van der Waals surface area contributed by atoms with Crippen molar-refractivity contribution < 1.29 is 24.1 Å². The molecule has 0 aliphatic carbocycles. The molecule has 3 rings (SSSR count). The van der Waals surface area contributed by atoms with Crippen molar-refractivity contribution in [1.29, 1.82) is 0 Å². The first-order valence-electron chi connectivity index (χ1n) is 8.90. The molecule has 0 unspecified atom stereocenters. The van der Waals surface area contributed by atoms with Crippen molar-refractivity contribution in [3.63, 3.8) is 0 Å². The largest absolute Gasteiger partial charge is 0.325 e. The summed E-state index contributed by atoms with van der Waals surface area (Å²) >= 11 is 0.546. The van der Waals surface area contributed by atoms with Gasteiger partial charge in [0.1, 0.15) is 6.54 Å². The van der Waals surface area contributed by atoms with Crippen LogP contribution in [0.25, 0.3) is 0 Å². The van der Waals surface area contributed by atoms with Crippen LogP contribution in [0, 0.1) is 17.0 Å². The van der Waals surface area contributed by atoms with Crippen LogP contribution in [-0.2, 0) is 14.4 Å². The molecule has 2 aromatic rings. The summed E-state index contributed by atoms with van der Waals surface area (Å²) in [6, 6.07) is 12.2. The van der Waals surface area contributed by atoms with Crippen LogP contribution in [0.1, 0.15) is 5.56 Å². The van der Waals surface area contributed by atoms with Crippen LogP contribution in [-0.4, -0.2) is 39.3 Å². The van der Waals surface area contributed by atoms with Gasteiger partial charge in [-0.1, -0.05) is 12.1 Å². The van der Waals surface area contributed by atoms with E-state index in [-0.39, 0.29) is 16.3 Å². The number of carbonyl (C=O) groups is 4. The molecule has 1 heterocycles. The van der Waals surface area contributed by atoms with Crippen molar-refractivity contribution in [1.82, 2.24) is 4.90 Å². The molecule has 1 aliphatic rings. The van der Waals surface area contributed by atoms with E-state index in [1.807, 2.05) is 13.0 Å². The molecule has 0 spiro atoms. The Hall–Kier alpha value is -3.99. The minimum Gasteiger partial charge on any atom is -0.325 e. The SMILES string of the molecule is Cc1cccc(NC(=O)CN2C(=O)S/C(=C\C(=O)Nc3ccc([N+](=O)[O-])cc3)C2=O)c1. The minimum atomic E-state index is -0.756. The van der Waals surface area contributed by atoms with E-state index in [0.29, 0.717) is 17.4 Å². The van der Waals surface area contributed by atoms with Crippen molar-refractivity contribution >= 4 is 51.8 Å². The molecule has 31 heavy (non-hydrogen) atoms. The minimum absolute atomic E-state index is 0.132. The molecule has 1 saturated heterocycles. The average molecular weight is 440 g/mol. The summed E-state index contributed by atoms with van der Waals surface area (Å²) in [5.74, 6) is -2.00.